The van der Waals surface area contributed by atoms with Crippen molar-refractivity contribution in [3.63, 3.8) is 0 Å². The number of aryl methyl sites for hydroxylation is 1. The molecule has 0 bridgehead atoms. The fraction of sp³-hybridized carbons (Fsp3) is 0.250. The maximum atomic E-state index is 13.7. The second-order valence-electron chi connectivity index (χ2n) is 4.97. The third-order valence-corrected chi connectivity index (χ3v) is 3.24. The van der Waals surface area contributed by atoms with Crippen molar-refractivity contribution in [1.82, 2.24) is 0 Å². The van der Waals surface area contributed by atoms with Crippen molar-refractivity contribution in [2.24, 2.45) is 0 Å². The van der Waals surface area contributed by atoms with Gasteiger partial charge in [-0.25, -0.2) is 4.39 Å². The Morgan fingerprint density at radius 3 is 2.19 bits per heavy atom. The fourth-order valence-electron chi connectivity index (χ4n) is 1.98. The molecule has 112 valence electrons. The number of hydrogen-bond donors (Lipinski definition) is 1. The molecule has 0 aliphatic heterocycles. The number of alkyl halides is 3. The molecule has 2 aromatic carbocycles. The van der Waals surface area contributed by atoms with Crippen LogP contribution in [-0.2, 0) is 6.18 Å². The average molecular weight is 297 g/mol. The van der Waals surface area contributed by atoms with Gasteiger partial charge in [-0.05, 0) is 37.6 Å². The highest BCUT2D eigenvalue weighted by molar-refractivity contribution is 5.49. The third kappa shape index (κ3) is 3.74. The van der Waals surface area contributed by atoms with Crippen LogP contribution in [0.1, 0.15) is 29.7 Å². The summed E-state index contributed by atoms with van der Waals surface area (Å²) in [6, 6.07) is 9.57. The highest BCUT2D eigenvalue weighted by Gasteiger charge is 2.31. The normalized spacial score (nSPS) is 13.0. The zero-order valence-corrected chi connectivity index (χ0v) is 11.6. The summed E-state index contributed by atoms with van der Waals surface area (Å²) >= 11 is 0. The lowest BCUT2D eigenvalue weighted by atomic mass is 10.1. The van der Waals surface area contributed by atoms with E-state index in [1.54, 1.807) is 6.92 Å². The van der Waals surface area contributed by atoms with Crippen molar-refractivity contribution < 1.29 is 17.6 Å². The first-order valence-electron chi connectivity index (χ1n) is 6.47. The van der Waals surface area contributed by atoms with Gasteiger partial charge >= 0.3 is 6.18 Å². The lowest BCUT2D eigenvalue weighted by Crippen LogP contribution is -2.11. The van der Waals surface area contributed by atoms with Crippen molar-refractivity contribution in [2.45, 2.75) is 26.1 Å². The van der Waals surface area contributed by atoms with Gasteiger partial charge in [-0.1, -0.05) is 29.8 Å². The summed E-state index contributed by atoms with van der Waals surface area (Å²) in [4.78, 5) is 0. The summed E-state index contributed by atoms with van der Waals surface area (Å²) < 4.78 is 51.6. The Morgan fingerprint density at radius 2 is 1.62 bits per heavy atom. The van der Waals surface area contributed by atoms with Crippen LogP contribution in [0.25, 0.3) is 0 Å². The standard InChI is InChI=1S/C16H15F4N/c1-10-3-5-12(6-4-10)11(2)21-15-9-13(16(18,19)20)7-8-14(15)17/h3-9,11,21H,1-2H3. The molecule has 2 rings (SSSR count). The van der Waals surface area contributed by atoms with Crippen LogP contribution < -0.4 is 5.32 Å². The summed E-state index contributed by atoms with van der Waals surface area (Å²) in [5, 5.41) is 2.78. The van der Waals surface area contributed by atoms with Crippen LogP contribution in [0.15, 0.2) is 42.5 Å². The number of halogens is 4. The third-order valence-electron chi connectivity index (χ3n) is 3.24. The molecule has 0 aliphatic carbocycles. The van der Waals surface area contributed by atoms with Crippen LogP contribution in [0.5, 0.6) is 0 Å². The molecule has 0 spiro atoms. The Balaban J connectivity index is 2.24. The van der Waals surface area contributed by atoms with E-state index in [2.05, 4.69) is 5.32 Å². The molecule has 1 unspecified atom stereocenters. The SMILES string of the molecule is Cc1ccc(C(C)Nc2cc(C(F)(F)F)ccc2F)cc1. The summed E-state index contributed by atoms with van der Waals surface area (Å²) in [6.07, 6.45) is -4.49. The average Bonchev–Trinajstić information content (AvgIpc) is 2.40. The van der Waals surface area contributed by atoms with Gasteiger partial charge in [0.15, 0.2) is 0 Å². The quantitative estimate of drug-likeness (QED) is 0.755. The van der Waals surface area contributed by atoms with Crippen molar-refractivity contribution in [1.29, 1.82) is 0 Å². The maximum Gasteiger partial charge on any atom is 0.416 e. The van der Waals surface area contributed by atoms with Crippen molar-refractivity contribution in [3.8, 4) is 0 Å². The predicted octanol–water partition coefficient (Wildman–Crippen LogP) is 5.33. The second kappa shape index (κ2) is 5.76. The van der Waals surface area contributed by atoms with E-state index in [-0.39, 0.29) is 11.7 Å². The Kier molecular flexibility index (Phi) is 4.21. The smallest absolute Gasteiger partial charge is 0.376 e. The van der Waals surface area contributed by atoms with Gasteiger partial charge < -0.3 is 5.32 Å². The molecule has 2 aromatic rings. The monoisotopic (exact) mass is 297 g/mol. The van der Waals surface area contributed by atoms with E-state index in [4.69, 9.17) is 0 Å². The van der Waals surface area contributed by atoms with Crippen LogP contribution in [0, 0.1) is 12.7 Å². The Morgan fingerprint density at radius 1 is 1.00 bits per heavy atom. The molecular formula is C16H15F4N. The molecule has 1 nitrogen and oxygen atoms in total. The molecule has 0 amide bonds. The molecule has 21 heavy (non-hydrogen) atoms. The predicted molar refractivity (Wildman–Crippen MR) is 74.6 cm³/mol. The first-order valence-corrected chi connectivity index (χ1v) is 6.47. The lowest BCUT2D eigenvalue weighted by Gasteiger charge is -2.18. The van der Waals surface area contributed by atoms with Gasteiger partial charge in [0.2, 0.25) is 0 Å². The molecule has 0 saturated carbocycles. The van der Waals surface area contributed by atoms with Crippen molar-refractivity contribution in [3.05, 3.63) is 65.0 Å². The van der Waals surface area contributed by atoms with Gasteiger partial charge in [-0.15, -0.1) is 0 Å². The largest absolute Gasteiger partial charge is 0.416 e. The van der Waals surface area contributed by atoms with Gasteiger partial charge in [-0.3, -0.25) is 0 Å². The molecule has 1 N–H and O–H groups in total. The molecule has 0 fully saturated rings. The number of benzene rings is 2. The Hall–Kier alpha value is -2.04. The number of hydrogen-bond acceptors (Lipinski definition) is 1. The minimum Gasteiger partial charge on any atom is -0.376 e. The van der Waals surface area contributed by atoms with Crippen LogP contribution >= 0.6 is 0 Å². The Labute approximate surface area is 120 Å². The minimum atomic E-state index is -4.49. The maximum absolute atomic E-state index is 13.7. The molecule has 0 heterocycles. The van der Waals surface area contributed by atoms with E-state index >= 15 is 0 Å². The first-order chi connectivity index (χ1) is 9.77. The minimum absolute atomic E-state index is 0.155. The molecule has 0 saturated heterocycles. The molecule has 1 atom stereocenters. The van der Waals surface area contributed by atoms with E-state index < -0.39 is 17.6 Å². The highest BCUT2D eigenvalue weighted by Crippen LogP contribution is 2.32. The zero-order valence-electron chi connectivity index (χ0n) is 11.6. The van der Waals surface area contributed by atoms with Crippen molar-refractivity contribution in [2.75, 3.05) is 5.32 Å². The fourth-order valence-corrected chi connectivity index (χ4v) is 1.98. The van der Waals surface area contributed by atoms with Crippen LogP contribution in [0.4, 0.5) is 23.2 Å². The molecular weight excluding hydrogens is 282 g/mol. The van der Waals surface area contributed by atoms with E-state index in [0.29, 0.717) is 0 Å². The van der Waals surface area contributed by atoms with E-state index in [1.165, 1.54) is 0 Å². The first kappa shape index (κ1) is 15.4. The number of nitrogens with one attached hydrogen (secondary N) is 1. The second-order valence-corrected chi connectivity index (χ2v) is 4.97. The van der Waals surface area contributed by atoms with Gasteiger partial charge in [0.05, 0.1) is 11.3 Å². The molecule has 5 heteroatoms. The summed E-state index contributed by atoms with van der Waals surface area (Å²) in [6.45, 7) is 3.71. The van der Waals surface area contributed by atoms with Crippen LogP contribution in [-0.4, -0.2) is 0 Å². The topological polar surface area (TPSA) is 12.0 Å². The summed E-state index contributed by atoms with van der Waals surface area (Å²) in [7, 11) is 0. The molecule has 0 aliphatic rings. The van der Waals surface area contributed by atoms with Crippen LogP contribution in [0.3, 0.4) is 0 Å². The van der Waals surface area contributed by atoms with E-state index in [9.17, 15) is 17.6 Å². The number of rotatable bonds is 3. The van der Waals surface area contributed by atoms with Crippen LogP contribution in [0.2, 0.25) is 0 Å². The summed E-state index contributed by atoms with van der Waals surface area (Å²) in [5.74, 6) is -0.707. The van der Waals surface area contributed by atoms with Gasteiger partial charge in [0.1, 0.15) is 5.82 Å². The van der Waals surface area contributed by atoms with Gasteiger partial charge in [0.25, 0.3) is 0 Å². The number of anilines is 1. The van der Waals surface area contributed by atoms with Crippen molar-refractivity contribution >= 4 is 5.69 Å². The lowest BCUT2D eigenvalue weighted by molar-refractivity contribution is -0.137. The summed E-state index contributed by atoms with van der Waals surface area (Å²) in [5.41, 5.74) is 0.925. The van der Waals surface area contributed by atoms with Gasteiger partial charge in [0, 0.05) is 6.04 Å². The highest BCUT2D eigenvalue weighted by atomic mass is 19.4. The Bertz CT molecular complexity index is 617. The van der Waals surface area contributed by atoms with Gasteiger partial charge in [-0.2, -0.15) is 13.2 Å². The molecule has 0 aromatic heterocycles. The van der Waals surface area contributed by atoms with E-state index in [0.717, 1.165) is 29.3 Å². The van der Waals surface area contributed by atoms with E-state index in [1.807, 2.05) is 31.2 Å². The molecule has 0 radical (unpaired) electrons. The zero-order chi connectivity index (χ0) is 15.6.